The quantitative estimate of drug-likeness (QED) is 0.853. The van der Waals surface area contributed by atoms with E-state index in [1.54, 1.807) is 7.11 Å². The van der Waals surface area contributed by atoms with Gasteiger partial charge in [-0.25, -0.2) is 0 Å². The summed E-state index contributed by atoms with van der Waals surface area (Å²) in [6, 6.07) is 6.05. The van der Waals surface area contributed by atoms with Gasteiger partial charge in [-0.05, 0) is 50.8 Å². The predicted octanol–water partition coefficient (Wildman–Crippen LogP) is 2.52. The van der Waals surface area contributed by atoms with E-state index < -0.39 is 0 Å². The van der Waals surface area contributed by atoms with Crippen molar-refractivity contribution in [1.82, 2.24) is 0 Å². The van der Waals surface area contributed by atoms with E-state index in [1.165, 1.54) is 5.56 Å². The molecule has 1 aliphatic carbocycles. The number of benzene rings is 1. The fourth-order valence-corrected chi connectivity index (χ4v) is 1.81. The van der Waals surface area contributed by atoms with Crippen LogP contribution >= 0.6 is 0 Å². The van der Waals surface area contributed by atoms with Gasteiger partial charge < -0.3 is 15.2 Å². The first kappa shape index (κ1) is 12.2. The van der Waals surface area contributed by atoms with Crippen molar-refractivity contribution < 1.29 is 9.47 Å². The standard InChI is InChI=1S/C14H21NO2/c1-14(2,15)9-10-4-7-12(16-3)13(8-10)17-11-5-6-11/h4,7-8,11H,5-6,9,15H2,1-3H3. The van der Waals surface area contributed by atoms with Crippen LogP contribution in [0.5, 0.6) is 11.5 Å². The zero-order valence-corrected chi connectivity index (χ0v) is 10.8. The largest absolute Gasteiger partial charge is 0.493 e. The molecule has 0 saturated heterocycles. The number of hydrogen-bond acceptors (Lipinski definition) is 3. The molecule has 3 nitrogen and oxygen atoms in total. The molecule has 0 aliphatic heterocycles. The van der Waals surface area contributed by atoms with E-state index in [1.807, 2.05) is 32.0 Å². The van der Waals surface area contributed by atoms with E-state index in [2.05, 4.69) is 0 Å². The smallest absolute Gasteiger partial charge is 0.161 e. The Kier molecular flexibility index (Phi) is 3.29. The maximum Gasteiger partial charge on any atom is 0.161 e. The predicted molar refractivity (Wildman–Crippen MR) is 68.6 cm³/mol. The lowest BCUT2D eigenvalue weighted by atomic mass is 9.96. The van der Waals surface area contributed by atoms with Crippen LogP contribution < -0.4 is 15.2 Å². The molecule has 1 saturated carbocycles. The Hall–Kier alpha value is -1.22. The molecule has 1 fully saturated rings. The van der Waals surface area contributed by atoms with E-state index >= 15 is 0 Å². The third-order valence-electron chi connectivity index (χ3n) is 2.71. The van der Waals surface area contributed by atoms with Crippen LogP contribution in [0.3, 0.4) is 0 Å². The SMILES string of the molecule is COc1ccc(CC(C)(C)N)cc1OC1CC1. The second-order valence-electron chi connectivity index (χ2n) is 5.47. The number of methoxy groups -OCH3 is 1. The van der Waals surface area contributed by atoms with Gasteiger partial charge in [0.1, 0.15) is 0 Å². The molecular formula is C14H21NO2. The molecule has 1 aromatic rings. The van der Waals surface area contributed by atoms with Crippen molar-refractivity contribution in [2.24, 2.45) is 5.73 Å². The Balaban J connectivity index is 2.17. The van der Waals surface area contributed by atoms with Gasteiger partial charge in [-0.15, -0.1) is 0 Å². The summed E-state index contributed by atoms with van der Waals surface area (Å²) in [5.74, 6) is 1.65. The van der Waals surface area contributed by atoms with Gasteiger partial charge in [0.15, 0.2) is 11.5 Å². The third kappa shape index (κ3) is 3.63. The molecule has 0 unspecified atom stereocenters. The molecule has 1 aromatic carbocycles. The molecule has 0 radical (unpaired) electrons. The summed E-state index contributed by atoms with van der Waals surface area (Å²) in [7, 11) is 1.67. The average Bonchev–Trinajstić information content (AvgIpc) is 3.00. The molecule has 17 heavy (non-hydrogen) atoms. The Morgan fingerprint density at radius 2 is 2.00 bits per heavy atom. The molecule has 2 rings (SSSR count). The van der Waals surface area contributed by atoms with Crippen LogP contribution in [0.1, 0.15) is 32.3 Å². The zero-order chi connectivity index (χ0) is 12.5. The van der Waals surface area contributed by atoms with E-state index in [4.69, 9.17) is 15.2 Å². The maximum absolute atomic E-state index is 6.03. The van der Waals surface area contributed by atoms with Crippen LogP contribution in [0.15, 0.2) is 18.2 Å². The van der Waals surface area contributed by atoms with Crippen molar-refractivity contribution in [3.63, 3.8) is 0 Å². The van der Waals surface area contributed by atoms with Gasteiger partial charge >= 0.3 is 0 Å². The molecular weight excluding hydrogens is 214 g/mol. The minimum Gasteiger partial charge on any atom is -0.493 e. The van der Waals surface area contributed by atoms with Gasteiger partial charge in [0.2, 0.25) is 0 Å². The van der Waals surface area contributed by atoms with Gasteiger partial charge in [0.05, 0.1) is 13.2 Å². The summed E-state index contributed by atoms with van der Waals surface area (Å²) in [6.07, 6.45) is 3.51. The summed E-state index contributed by atoms with van der Waals surface area (Å²) < 4.78 is 11.1. The molecule has 0 amide bonds. The lowest BCUT2D eigenvalue weighted by Crippen LogP contribution is -2.34. The van der Waals surface area contributed by atoms with Crippen LogP contribution in [-0.2, 0) is 6.42 Å². The lowest BCUT2D eigenvalue weighted by Gasteiger charge is -2.19. The highest BCUT2D eigenvalue weighted by Crippen LogP contribution is 2.34. The van der Waals surface area contributed by atoms with Crippen molar-refractivity contribution in [3.8, 4) is 11.5 Å². The first-order valence-corrected chi connectivity index (χ1v) is 6.10. The zero-order valence-electron chi connectivity index (χ0n) is 10.8. The van der Waals surface area contributed by atoms with Gasteiger partial charge in [0.25, 0.3) is 0 Å². The van der Waals surface area contributed by atoms with Gasteiger partial charge in [-0.1, -0.05) is 6.07 Å². The molecule has 0 heterocycles. The van der Waals surface area contributed by atoms with Crippen molar-refractivity contribution in [1.29, 1.82) is 0 Å². The minimum atomic E-state index is -0.203. The summed E-state index contributed by atoms with van der Waals surface area (Å²) in [6.45, 7) is 4.05. The Morgan fingerprint density at radius 1 is 1.29 bits per heavy atom. The monoisotopic (exact) mass is 235 g/mol. The second kappa shape index (κ2) is 4.57. The highest BCUT2D eigenvalue weighted by atomic mass is 16.5. The molecule has 2 N–H and O–H groups in total. The van der Waals surface area contributed by atoms with Crippen molar-refractivity contribution in [2.45, 2.75) is 44.8 Å². The molecule has 94 valence electrons. The highest BCUT2D eigenvalue weighted by Gasteiger charge is 2.25. The van der Waals surface area contributed by atoms with Gasteiger partial charge in [-0.3, -0.25) is 0 Å². The van der Waals surface area contributed by atoms with Crippen molar-refractivity contribution in [3.05, 3.63) is 23.8 Å². The fourth-order valence-electron chi connectivity index (χ4n) is 1.81. The summed E-state index contributed by atoms with van der Waals surface area (Å²) in [5.41, 5.74) is 7.02. The van der Waals surface area contributed by atoms with E-state index in [0.29, 0.717) is 6.10 Å². The average molecular weight is 235 g/mol. The van der Waals surface area contributed by atoms with Crippen LogP contribution in [-0.4, -0.2) is 18.8 Å². The number of hydrogen-bond donors (Lipinski definition) is 1. The molecule has 0 spiro atoms. The van der Waals surface area contributed by atoms with Gasteiger partial charge in [0, 0.05) is 5.54 Å². The molecule has 0 atom stereocenters. The Bertz CT molecular complexity index is 392. The van der Waals surface area contributed by atoms with Crippen molar-refractivity contribution >= 4 is 0 Å². The fraction of sp³-hybridized carbons (Fsp3) is 0.571. The molecule has 3 heteroatoms. The Labute approximate surface area is 103 Å². The van der Waals surface area contributed by atoms with Crippen LogP contribution in [0, 0.1) is 0 Å². The van der Waals surface area contributed by atoms with E-state index in [9.17, 15) is 0 Å². The number of ether oxygens (including phenoxy) is 2. The van der Waals surface area contributed by atoms with E-state index in [-0.39, 0.29) is 5.54 Å². The molecule has 0 bridgehead atoms. The molecule has 0 aromatic heterocycles. The number of nitrogens with two attached hydrogens (primary N) is 1. The third-order valence-corrected chi connectivity index (χ3v) is 2.71. The van der Waals surface area contributed by atoms with Gasteiger partial charge in [-0.2, -0.15) is 0 Å². The summed E-state index contributed by atoms with van der Waals surface area (Å²) in [4.78, 5) is 0. The van der Waals surface area contributed by atoms with Crippen LogP contribution in [0.25, 0.3) is 0 Å². The topological polar surface area (TPSA) is 44.5 Å². The minimum absolute atomic E-state index is 0.203. The second-order valence-corrected chi connectivity index (χ2v) is 5.47. The maximum atomic E-state index is 6.03. The van der Waals surface area contributed by atoms with E-state index in [0.717, 1.165) is 30.8 Å². The molecule has 1 aliphatic rings. The van der Waals surface area contributed by atoms with Crippen molar-refractivity contribution in [2.75, 3.05) is 7.11 Å². The first-order chi connectivity index (χ1) is 7.98. The number of rotatable bonds is 5. The lowest BCUT2D eigenvalue weighted by molar-refractivity contribution is 0.281. The highest BCUT2D eigenvalue weighted by molar-refractivity contribution is 5.43. The normalized spacial score (nSPS) is 15.8. The van der Waals surface area contributed by atoms with Crippen LogP contribution in [0.4, 0.5) is 0 Å². The first-order valence-electron chi connectivity index (χ1n) is 6.10. The summed E-state index contributed by atoms with van der Waals surface area (Å²) >= 11 is 0. The summed E-state index contributed by atoms with van der Waals surface area (Å²) in [5, 5.41) is 0. The Morgan fingerprint density at radius 3 is 2.53 bits per heavy atom. The van der Waals surface area contributed by atoms with Crippen LogP contribution in [0.2, 0.25) is 0 Å².